The molecule has 0 aliphatic carbocycles. The SMILES string of the molecule is CC(=O)Oc1ccccc1/C=C/c1ccccc1[C]=O. The second-order valence-electron chi connectivity index (χ2n) is 4.15. The van der Waals surface area contributed by atoms with Crippen molar-refractivity contribution in [2.45, 2.75) is 6.92 Å². The molecule has 0 spiro atoms. The zero-order valence-corrected chi connectivity index (χ0v) is 11.0. The van der Waals surface area contributed by atoms with Crippen molar-refractivity contribution >= 4 is 24.4 Å². The number of para-hydroxylation sites is 1. The summed E-state index contributed by atoms with van der Waals surface area (Å²) in [5.74, 6) is 0.122. The molecule has 0 fully saturated rings. The molecule has 0 N–H and O–H groups in total. The number of hydrogen-bond donors (Lipinski definition) is 0. The van der Waals surface area contributed by atoms with Crippen molar-refractivity contribution in [2.75, 3.05) is 0 Å². The Morgan fingerprint density at radius 3 is 2.30 bits per heavy atom. The van der Waals surface area contributed by atoms with Crippen LogP contribution in [0.4, 0.5) is 0 Å². The maximum Gasteiger partial charge on any atom is 0.308 e. The molecule has 2 aromatic rings. The van der Waals surface area contributed by atoms with Crippen LogP contribution in [0.3, 0.4) is 0 Å². The van der Waals surface area contributed by atoms with Crippen LogP contribution < -0.4 is 4.74 Å². The van der Waals surface area contributed by atoms with Gasteiger partial charge in [-0.3, -0.25) is 9.59 Å². The molecule has 3 nitrogen and oxygen atoms in total. The highest BCUT2D eigenvalue weighted by molar-refractivity contribution is 5.85. The van der Waals surface area contributed by atoms with E-state index in [0.29, 0.717) is 11.3 Å². The summed E-state index contributed by atoms with van der Waals surface area (Å²) in [6, 6.07) is 14.4. The molecule has 0 saturated carbocycles. The first-order chi connectivity index (χ1) is 9.70. The molecule has 1 radical (unpaired) electrons. The van der Waals surface area contributed by atoms with Gasteiger partial charge in [0.2, 0.25) is 6.29 Å². The number of carbonyl (C=O) groups excluding carboxylic acids is 2. The molecule has 0 aliphatic rings. The third-order valence-electron chi connectivity index (χ3n) is 2.69. The standard InChI is InChI=1S/C17H13O3/c1-13(19)20-17-9-5-4-7-15(17)11-10-14-6-2-3-8-16(14)12-18/h2-11H,1H3/b11-10+. The van der Waals surface area contributed by atoms with E-state index in [1.54, 1.807) is 36.4 Å². The first kappa shape index (κ1) is 13.7. The van der Waals surface area contributed by atoms with Crippen LogP contribution in [0.15, 0.2) is 48.5 Å². The molecule has 0 saturated heterocycles. The quantitative estimate of drug-likeness (QED) is 0.484. The highest BCUT2D eigenvalue weighted by Gasteiger charge is 2.03. The number of rotatable bonds is 4. The zero-order chi connectivity index (χ0) is 14.4. The van der Waals surface area contributed by atoms with Crippen LogP contribution in [-0.4, -0.2) is 12.3 Å². The summed E-state index contributed by atoms with van der Waals surface area (Å²) < 4.78 is 5.12. The summed E-state index contributed by atoms with van der Waals surface area (Å²) >= 11 is 0. The molecule has 0 aliphatic heterocycles. The van der Waals surface area contributed by atoms with E-state index in [2.05, 4.69) is 0 Å². The summed E-state index contributed by atoms with van der Waals surface area (Å²) in [4.78, 5) is 21.9. The lowest BCUT2D eigenvalue weighted by Gasteiger charge is -2.05. The second kappa shape index (κ2) is 6.48. The van der Waals surface area contributed by atoms with Gasteiger partial charge < -0.3 is 4.74 Å². The van der Waals surface area contributed by atoms with Gasteiger partial charge in [-0.05, 0) is 11.6 Å². The third kappa shape index (κ3) is 3.42. The number of ether oxygens (including phenoxy) is 1. The predicted octanol–water partition coefficient (Wildman–Crippen LogP) is 3.24. The van der Waals surface area contributed by atoms with Gasteiger partial charge in [0, 0.05) is 18.1 Å². The molecule has 2 rings (SSSR count). The highest BCUT2D eigenvalue weighted by atomic mass is 16.5. The van der Waals surface area contributed by atoms with Crippen LogP contribution in [-0.2, 0) is 9.59 Å². The Morgan fingerprint density at radius 1 is 1.00 bits per heavy atom. The molecule has 0 heterocycles. The smallest absolute Gasteiger partial charge is 0.308 e. The summed E-state index contributed by atoms with van der Waals surface area (Å²) in [5.41, 5.74) is 2.03. The molecule has 2 aromatic carbocycles. The Bertz CT molecular complexity index is 657. The van der Waals surface area contributed by atoms with Crippen molar-refractivity contribution in [3.63, 3.8) is 0 Å². The molecule has 0 unspecified atom stereocenters. The van der Waals surface area contributed by atoms with E-state index in [9.17, 15) is 9.59 Å². The Kier molecular flexibility index (Phi) is 4.45. The van der Waals surface area contributed by atoms with Crippen LogP contribution in [0, 0.1) is 0 Å². The Morgan fingerprint density at radius 2 is 1.60 bits per heavy atom. The maximum atomic E-state index is 11.0. The normalized spacial score (nSPS) is 10.4. The molecule has 99 valence electrons. The molecule has 0 aromatic heterocycles. The van der Waals surface area contributed by atoms with Crippen LogP contribution in [0.2, 0.25) is 0 Å². The first-order valence-electron chi connectivity index (χ1n) is 6.13. The fourth-order valence-electron chi connectivity index (χ4n) is 1.78. The van der Waals surface area contributed by atoms with Gasteiger partial charge in [-0.1, -0.05) is 54.6 Å². The van der Waals surface area contributed by atoms with Crippen LogP contribution >= 0.6 is 0 Å². The van der Waals surface area contributed by atoms with E-state index in [1.807, 2.05) is 30.6 Å². The van der Waals surface area contributed by atoms with Gasteiger partial charge in [0.1, 0.15) is 5.75 Å². The van der Waals surface area contributed by atoms with Gasteiger partial charge in [0.15, 0.2) is 0 Å². The number of carbonyl (C=O) groups is 1. The first-order valence-corrected chi connectivity index (χ1v) is 6.13. The Labute approximate surface area is 117 Å². The van der Waals surface area contributed by atoms with Gasteiger partial charge in [-0.25, -0.2) is 0 Å². The Hall–Kier alpha value is -2.68. The fraction of sp³-hybridized carbons (Fsp3) is 0.0588. The predicted molar refractivity (Wildman–Crippen MR) is 77.9 cm³/mol. The second-order valence-corrected chi connectivity index (χ2v) is 4.15. The molecule has 0 atom stereocenters. The summed E-state index contributed by atoms with van der Waals surface area (Å²) in [6.07, 6.45) is 5.49. The topological polar surface area (TPSA) is 43.4 Å². The van der Waals surface area contributed by atoms with Gasteiger partial charge >= 0.3 is 5.97 Å². The monoisotopic (exact) mass is 265 g/mol. The average molecular weight is 265 g/mol. The number of esters is 1. The van der Waals surface area contributed by atoms with Crippen molar-refractivity contribution in [1.82, 2.24) is 0 Å². The van der Waals surface area contributed by atoms with Crippen molar-refractivity contribution in [3.05, 3.63) is 65.2 Å². The van der Waals surface area contributed by atoms with Crippen molar-refractivity contribution < 1.29 is 14.3 Å². The lowest BCUT2D eigenvalue weighted by atomic mass is 10.1. The molecule has 3 heteroatoms. The van der Waals surface area contributed by atoms with Gasteiger partial charge in [-0.15, -0.1) is 0 Å². The van der Waals surface area contributed by atoms with E-state index in [-0.39, 0.29) is 5.97 Å². The lowest BCUT2D eigenvalue weighted by molar-refractivity contribution is -0.131. The minimum Gasteiger partial charge on any atom is -0.426 e. The summed E-state index contributed by atoms with van der Waals surface area (Å²) in [7, 11) is 0. The third-order valence-corrected chi connectivity index (χ3v) is 2.69. The van der Waals surface area contributed by atoms with E-state index in [0.717, 1.165) is 11.1 Å². The highest BCUT2D eigenvalue weighted by Crippen LogP contribution is 2.21. The van der Waals surface area contributed by atoms with Gasteiger partial charge in [-0.2, -0.15) is 0 Å². The molecule has 0 amide bonds. The van der Waals surface area contributed by atoms with E-state index < -0.39 is 0 Å². The lowest BCUT2D eigenvalue weighted by Crippen LogP contribution is -2.02. The van der Waals surface area contributed by atoms with E-state index in [1.165, 1.54) is 6.92 Å². The maximum absolute atomic E-state index is 11.0. The van der Waals surface area contributed by atoms with Crippen LogP contribution in [0.1, 0.15) is 23.6 Å². The fourth-order valence-corrected chi connectivity index (χ4v) is 1.78. The number of benzene rings is 2. The van der Waals surface area contributed by atoms with Crippen LogP contribution in [0.5, 0.6) is 5.75 Å². The minimum atomic E-state index is -0.368. The molecule has 20 heavy (non-hydrogen) atoms. The zero-order valence-electron chi connectivity index (χ0n) is 11.0. The molecule has 0 bridgehead atoms. The summed E-state index contributed by atoms with van der Waals surface area (Å²) in [5, 5.41) is 0. The largest absolute Gasteiger partial charge is 0.426 e. The molecular formula is C17H13O3. The number of hydrogen-bond acceptors (Lipinski definition) is 3. The van der Waals surface area contributed by atoms with E-state index in [4.69, 9.17) is 4.74 Å². The molecular weight excluding hydrogens is 252 g/mol. The van der Waals surface area contributed by atoms with Crippen molar-refractivity contribution in [3.8, 4) is 5.75 Å². The Balaban J connectivity index is 2.32. The van der Waals surface area contributed by atoms with E-state index >= 15 is 0 Å². The van der Waals surface area contributed by atoms with Crippen LogP contribution in [0.25, 0.3) is 12.2 Å². The van der Waals surface area contributed by atoms with Gasteiger partial charge in [0.25, 0.3) is 0 Å². The summed E-state index contributed by atoms with van der Waals surface area (Å²) in [6.45, 7) is 1.36. The van der Waals surface area contributed by atoms with Crippen molar-refractivity contribution in [2.24, 2.45) is 0 Å². The average Bonchev–Trinajstić information content (AvgIpc) is 2.46. The minimum absolute atomic E-state index is 0.368. The van der Waals surface area contributed by atoms with Crippen molar-refractivity contribution in [1.29, 1.82) is 0 Å². The van der Waals surface area contributed by atoms with Gasteiger partial charge in [0.05, 0.1) is 0 Å².